The second kappa shape index (κ2) is 5.23. The SMILES string of the molecule is Cc1cc2c(Nc3cccc4ccccc34)nc(Cl)nc2s1. The van der Waals surface area contributed by atoms with Crippen LogP contribution >= 0.6 is 22.9 Å². The van der Waals surface area contributed by atoms with E-state index in [1.807, 2.05) is 24.3 Å². The Balaban J connectivity index is 1.89. The lowest BCUT2D eigenvalue weighted by molar-refractivity contribution is 1.23. The molecular formula is C17H12ClN3S. The van der Waals surface area contributed by atoms with E-state index in [1.165, 1.54) is 10.3 Å². The highest BCUT2D eigenvalue weighted by Gasteiger charge is 2.11. The summed E-state index contributed by atoms with van der Waals surface area (Å²) in [5.74, 6) is 0.746. The van der Waals surface area contributed by atoms with Crippen LogP contribution in [0.1, 0.15) is 4.88 Å². The van der Waals surface area contributed by atoms with Gasteiger partial charge in [-0.05, 0) is 36.0 Å². The zero-order valence-corrected chi connectivity index (χ0v) is 13.4. The normalized spacial score (nSPS) is 11.2. The highest BCUT2D eigenvalue weighted by Crippen LogP contribution is 2.33. The van der Waals surface area contributed by atoms with Gasteiger partial charge in [-0.25, -0.2) is 4.98 Å². The number of hydrogen-bond acceptors (Lipinski definition) is 4. The molecule has 0 amide bonds. The van der Waals surface area contributed by atoms with Gasteiger partial charge in [-0.1, -0.05) is 36.4 Å². The van der Waals surface area contributed by atoms with Gasteiger partial charge in [0.25, 0.3) is 0 Å². The van der Waals surface area contributed by atoms with E-state index in [0.29, 0.717) is 0 Å². The van der Waals surface area contributed by atoms with Crippen LogP contribution < -0.4 is 5.32 Å². The van der Waals surface area contributed by atoms with Gasteiger partial charge >= 0.3 is 0 Å². The first kappa shape index (κ1) is 13.5. The van der Waals surface area contributed by atoms with Crippen molar-refractivity contribution in [1.82, 2.24) is 9.97 Å². The molecule has 0 saturated heterocycles. The molecule has 1 N–H and O–H groups in total. The largest absolute Gasteiger partial charge is 0.339 e. The van der Waals surface area contributed by atoms with Crippen molar-refractivity contribution in [3.05, 3.63) is 58.7 Å². The minimum atomic E-state index is 0.261. The molecule has 0 radical (unpaired) electrons. The topological polar surface area (TPSA) is 37.8 Å². The van der Waals surface area contributed by atoms with E-state index in [0.717, 1.165) is 27.1 Å². The smallest absolute Gasteiger partial charge is 0.225 e. The van der Waals surface area contributed by atoms with E-state index >= 15 is 0 Å². The molecule has 0 fully saturated rings. The van der Waals surface area contributed by atoms with Gasteiger partial charge in [-0.2, -0.15) is 4.98 Å². The Hall–Kier alpha value is -2.17. The summed E-state index contributed by atoms with van der Waals surface area (Å²) < 4.78 is 0. The predicted molar refractivity (Wildman–Crippen MR) is 94.4 cm³/mol. The van der Waals surface area contributed by atoms with Crippen LogP contribution in [0.15, 0.2) is 48.5 Å². The van der Waals surface area contributed by atoms with Crippen LogP contribution in [0.25, 0.3) is 21.0 Å². The molecule has 0 bridgehead atoms. The Kier molecular flexibility index (Phi) is 3.21. The van der Waals surface area contributed by atoms with Crippen molar-refractivity contribution in [2.24, 2.45) is 0 Å². The number of thiophene rings is 1. The van der Waals surface area contributed by atoms with Crippen molar-refractivity contribution in [1.29, 1.82) is 0 Å². The molecule has 5 heteroatoms. The minimum absolute atomic E-state index is 0.261. The minimum Gasteiger partial charge on any atom is -0.339 e. The third kappa shape index (κ3) is 2.30. The molecule has 2 heterocycles. The lowest BCUT2D eigenvalue weighted by atomic mass is 10.1. The van der Waals surface area contributed by atoms with Crippen LogP contribution in [0.3, 0.4) is 0 Å². The number of anilines is 2. The molecule has 0 aliphatic rings. The predicted octanol–water partition coefficient (Wildman–Crippen LogP) is 5.55. The van der Waals surface area contributed by atoms with Gasteiger partial charge < -0.3 is 5.32 Å². The van der Waals surface area contributed by atoms with Gasteiger partial charge in [0.2, 0.25) is 5.28 Å². The molecule has 0 unspecified atom stereocenters. The number of nitrogens with one attached hydrogen (secondary N) is 1. The van der Waals surface area contributed by atoms with Gasteiger partial charge in [-0.15, -0.1) is 11.3 Å². The maximum atomic E-state index is 6.06. The second-order valence-electron chi connectivity index (χ2n) is 5.07. The summed E-state index contributed by atoms with van der Waals surface area (Å²) in [6.07, 6.45) is 0. The average Bonchev–Trinajstić information content (AvgIpc) is 2.88. The van der Waals surface area contributed by atoms with Crippen molar-refractivity contribution < 1.29 is 0 Å². The van der Waals surface area contributed by atoms with E-state index in [-0.39, 0.29) is 5.28 Å². The molecular weight excluding hydrogens is 314 g/mol. The maximum absolute atomic E-state index is 6.06. The van der Waals surface area contributed by atoms with E-state index in [9.17, 15) is 0 Å². The van der Waals surface area contributed by atoms with Gasteiger partial charge in [0.05, 0.1) is 5.39 Å². The van der Waals surface area contributed by atoms with Crippen molar-refractivity contribution in [3.8, 4) is 0 Å². The van der Waals surface area contributed by atoms with E-state index in [2.05, 4.69) is 46.5 Å². The Labute approximate surface area is 136 Å². The number of rotatable bonds is 2. The highest BCUT2D eigenvalue weighted by molar-refractivity contribution is 7.18. The van der Waals surface area contributed by atoms with Crippen molar-refractivity contribution in [3.63, 3.8) is 0 Å². The first-order valence-corrected chi connectivity index (χ1v) is 8.08. The van der Waals surface area contributed by atoms with E-state index < -0.39 is 0 Å². The summed E-state index contributed by atoms with van der Waals surface area (Å²) in [5, 5.41) is 7.01. The lowest BCUT2D eigenvalue weighted by Gasteiger charge is -2.10. The molecule has 108 valence electrons. The molecule has 4 rings (SSSR count). The zero-order chi connectivity index (χ0) is 15.1. The molecule has 0 aliphatic carbocycles. The highest BCUT2D eigenvalue weighted by atomic mass is 35.5. The Bertz CT molecular complexity index is 988. The summed E-state index contributed by atoms with van der Waals surface area (Å²) in [6, 6.07) is 16.5. The summed E-state index contributed by atoms with van der Waals surface area (Å²) in [7, 11) is 0. The van der Waals surface area contributed by atoms with E-state index in [4.69, 9.17) is 11.6 Å². The molecule has 4 aromatic rings. The van der Waals surface area contributed by atoms with Crippen LogP contribution in [-0.4, -0.2) is 9.97 Å². The number of fused-ring (bicyclic) bond motifs is 2. The monoisotopic (exact) mass is 325 g/mol. The standard InChI is InChI=1S/C17H12ClN3S/c1-10-9-13-15(20-17(18)21-16(13)22-10)19-14-8-4-6-11-5-2-3-7-12(11)14/h2-9H,1H3,(H,19,20,21). The van der Waals surface area contributed by atoms with Crippen LogP contribution in [-0.2, 0) is 0 Å². The van der Waals surface area contributed by atoms with Gasteiger partial charge in [-0.3, -0.25) is 0 Å². The Morgan fingerprint density at radius 1 is 1.00 bits per heavy atom. The first-order valence-electron chi connectivity index (χ1n) is 6.89. The molecule has 22 heavy (non-hydrogen) atoms. The third-order valence-corrected chi connectivity index (χ3v) is 4.64. The molecule has 0 aliphatic heterocycles. The third-order valence-electron chi connectivity index (χ3n) is 3.53. The molecule has 0 spiro atoms. The summed E-state index contributed by atoms with van der Waals surface area (Å²) in [6.45, 7) is 2.06. The number of hydrogen-bond donors (Lipinski definition) is 1. The first-order chi connectivity index (χ1) is 10.7. The molecule has 2 aromatic heterocycles. The average molecular weight is 326 g/mol. The molecule has 3 nitrogen and oxygen atoms in total. The molecule has 0 atom stereocenters. The lowest BCUT2D eigenvalue weighted by Crippen LogP contribution is -1.96. The van der Waals surface area contributed by atoms with Gasteiger partial charge in [0.15, 0.2) is 0 Å². The van der Waals surface area contributed by atoms with Gasteiger partial charge in [0, 0.05) is 16.0 Å². The second-order valence-corrected chi connectivity index (χ2v) is 6.64. The summed E-state index contributed by atoms with van der Waals surface area (Å²) in [5.41, 5.74) is 1.01. The summed E-state index contributed by atoms with van der Waals surface area (Å²) >= 11 is 7.68. The van der Waals surface area contributed by atoms with Crippen LogP contribution in [0, 0.1) is 6.92 Å². The fraction of sp³-hybridized carbons (Fsp3) is 0.0588. The fourth-order valence-electron chi connectivity index (χ4n) is 2.57. The Morgan fingerprint density at radius 2 is 1.82 bits per heavy atom. The van der Waals surface area contributed by atoms with Gasteiger partial charge in [0.1, 0.15) is 10.6 Å². The Morgan fingerprint density at radius 3 is 2.73 bits per heavy atom. The number of aryl methyl sites for hydroxylation is 1. The van der Waals surface area contributed by atoms with Crippen molar-refractivity contribution in [2.75, 3.05) is 5.32 Å². The van der Waals surface area contributed by atoms with Crippen LogP contribution in [0.4, 0.5) is 11.5 Å². The summed E-state index contributed by atoms with van der Waals surface area (Å²) in [4.78, 5) is 10.8. The van der Waals surface area contributed by atoms with E-state index in [1.54, 1.807) is 11.3 Å². The quantitative estimate of drug-likeness (QED) is 0.491. The van der Waals surface area contributed by atoms with Crippen LogP contribution in [0.2, 0.25) is 5.28 Å². The number of nitrogens with zero attached hydrogens (tertiary/aromatic N) is 2. The fourth-order valence-corrected chi connectivity index (χ4v) is 3.67. The van der Waals surface area contributed by atoms with Crippen molar-refractivity contribution in [2.45, 2.75) is 6.92 Å². The van der Waals surface area contributed by atoms with Crippen molar-refractivity contribution >= 4 is 55.4 Å². The number of halogens is 1. The maximum Gasteiger partial charge on any atom is 0.225 e. The zero-order valence-electron chi connectivity index (χ0n) is 11.8. The molecule has 2 aromatic carbocycles. The van der Waals surface area contributed by atoms with Crippen LogP contribution in [0.5, 0.6) is 0 Å². The number of aromatic nitrogens is 2. The molecule has 0 saturated carbocycles. The number of benzene rings is 2.